The van der Waals surface area contributed by atoms with E-state index in [-0.39, 0.29) is 24.0 Å². The number of amides is 1. The zero-order valence-electron chi connectivity index (χ0n) is 17.7. The molecule has 0 saturated heterocycles. The monoisotopic (exact) mass is 446 g/mol. The molecule has 0 spiro atoms. The van der Waals surface area contributed by atoms with Gasteiger partial charge in [0.2, 0.25) is 10.9 Å². The Kier molecular flexibility index (Phi) is 6.42. The maximum Gasteiger partial charge on any atom is 0.275 e. The topological polar surface area (TPSA) is 85.6 Å². The molecule has 8 heteroatoms. The summed E-state index contributed by atoms with van der Waals surface area (Å²) in [6.45, 7) is 4.18. The molecule has 0 aliphatic heterocycles. The first-order valence-electron chi connectivity index (χ1n) is 10.1. The van der Waals surface area contributed by atoms with Crippen LogP contribution in [0.1, 0.15) is 36.0 Å². The molecular weight excluding hydrogens is 424 g/mol. The summed E-state index contributed by atoms with van der Waals surface area (Å²) in [5, 5.41) is 7.99. The lowest BCUT2D eigenvalue weighted by atomic mass is 10.2. The van der Waals surface area contributed by atoms with E-state index in [0.717, 1.165) is 10.6 Å². The molecule has 0 aliphatic carbocycles. The third-order valence-electron chi connectivity index (χ3n) is 4.52. The van der Waals surface area contributed by atoms with Crippen LogP contribution >= 0.6 is 11.3 Å². The van der Waals surface area contributed by atoms with Crippen LogP contribution < -0.4 is 15.6 Å². The molecule has 0 fully saturated rings. The fourth-order valence-electron chi connectivity index (χ4n) is 2.92. The minimum absolute atomic E-state index is 0.131. The van der Waals surface area contributed by atoms with E-state index in [1.165, 1.54) is 28.0 Å². The average molecular weight is 447 g/mol. The first-order chi connectivity index (χ1) is 15.5. The van der Waals surface area contributed by atoms with Crippen LogP contribution in [0.5, 0.6) is 5.75 Å². The summed E-state index contributed by atoms with van der Waals surface area (Å²) in [6, 6.07) is 18.1. The van der Waals surface area contributed by atoms with Crippen molar-refractivity contribution >= 4 is 34.0 Å². The normalized spacial score (nSPS) is 11.3. The van der Waals surface area contributed by atoms with Crippen molar-refractivity contribution in [3.05, 3.63) is 93.4 Å². The number of carbonyl (C=O) groups is 1. The molecule has 0 aliphatic rings. The summed E-state index contributed by atoms with van der Waals surface area (Å²) in [6.07, 6.45) is 3.23. The van der Waals surface area contributed by atoms with Gasteiger partial charge in [0, 0.05) is 29.8 Å². The Hall–Kier alpha value is -3.78. The summed E-state index contributed by atoms with van der Waals surface area (Å²) >= 11 is 1.40. The van der Waals surface area contributed by atoms with Gasteiger partial charge < -0.3 is 10.1 Å². The highest BCUT2D eigenvalue weighted by molar-refractivity contribution is 7.16. The summed E-state index contributed by atoms with van der Waals surface area (Å²) in [7, 11) is 0. The SMILES string of the molecule is CC(C)c1nn2c(=O)cc(COc3cccc(NC(=O)/C=C/c4ccccc4)c3)nc2s1. The number of hydrogen-bond donors (Lipinski definition) is 1. The highest BCUT2D eigenvalue weighted by atomic mass is 32.1. The molecule has 0 unspecified atom stereocenters. The minimum atomic E-state index is -0.239. The van der Waals surface area contributed by atoms with E-state index in [4.69, 9.17) is 4.74 Å². The first kappa shape index (κ1) is 21.5. The third kappa shape index (κ3) is 5.28. The van der Waals surface area contributed by atoms with Gasteiger partial charge in [-0.05, 0) is 23.8 Å². The van der Waals surface area contributed by atoms with E-state index in [0.29, 0.717) is 22.1 Å². The summed E-state index contributed by atoms with van der Waals surface area (Å²) in [4.78, 5) is 29.6. The molecule has 1 amide bonds. The van der Waals surface area contributed by atoms with Crippen LogP contribution in [0.15, 0.2) is 71.5 Å². The van der Waals surface area contributed by atoms with Gasteiger partial charge in [0.1, 0.15) is 17.4 Å². The largest absolute Gasteiger partial charge is 0.487 e. The number of nitrogens with one attached hydrogen (secondary N) is 1. The van der Waals surface area contributed by atoms with E-state index >= 15 is 0 Å². The van der Waals surface area contributed by atoms with Crippen molar-refractivity contribution < 1.29 is 9.53 Å². The molecule has 2 aromatic carbocycles. The smallest absolute Gasteiger partial charge is 0.275 e. The van der Waals surface area contributed by atoms with Crippen LogP contribution in [0.25, 0.3) is 11.0 Å². The minimum Gasteiger partial charge on any atom is -0.487 e. The molecule has 7 nitrogen and oxygen atoms in total. The zero-order chi connectivity index (χ0) is 22.5. The Bertz CT molecular complexity index is 1330. The van der Waals surface area contributed by atoms with Crippen LogP contribution in [0, 0.1) is 0 Å². The van der Waals surface area contributed by atoms with Gasteiger partial charge in [-0.25, -0.2) is 4.98 Å². The summed E-state index contributed by atoms with van der Waals surface area (Å²) in [5.41, 5.74) is 1.84. The lowest BCUT2D eigenvalue weighted by Gasteiger charge is -2.08. The average Bonchev–Trinajstić information content (AvgIpc) is 3.23. The summed E-state index contributed by atoms with van der Waals surface area (Å²) in [5.74, 6) is 0.544. The van der Waals surface area contributed by atoms with Gasteiger partial charge in [0.25, 0.3) is 5.56 Å². The number of nitrogens with zero attached hydrogens (tertiary/aromatic N) is 3. The molecule has 2 aromatic heterocycles. The van der Waals surface area contributed by atoms with E-state index in [1.54, 1.807) is 30.3 Å². The van der Waals surface area contributed by atoms with E-state index in [9.17, 15) is 9.59 Å². The van der Waals surface area contributed by atoms with Gasteiger partial charge in [-0.3, -0.25) is 9.59 Å². The molecule has 2 heterocycles. The fraction of sp³-hybridized carbons (Fsp3) is 0.167. The number of carbonyl (C=O) groups excluding carboxylic acids is 1. The Labute approximate surface area is 189 Å². The van der Waals surface area contributed by atoms with Crippen LogP contribution in [-0.4, -0.2) is 20.5 Å². The van der Waals surface area contributed by atoms with Crippen molar-refractivity contribution in [1.82, 2.24) is 14.6 Å². The molecular formula is C24H22N4O3S. The molecule has 162 valence electrons. The summed E-state index contributed by atoms with van der Waals surface area (Å²) < 4.78 is 7.13. The van der Waals surface area contributed by atoms with Crippen molar-refractivity contribution in [1.29, 1.82) is 0 Å². The maximum atomic E-state index is 12.3. The number of anilines is 1. The molecule has 0 atom stereocenters. The van der Waals surface area contributed by atoms with Crippen LogP contribution in [0.4, 0.5) is 5.69 Å². The standard InChI is InChI=1S/C24H22N4O3S/c1-16(2)23-27-28-22(30)14-19(26-24(28)32-23)15-31-20-10-6-9-18(13-20)25-21(29)12-11-17-7-4-3-5-8-17/h3-14,16H,15H2,1-2H3,(H,25,29)/b12-11+. The quantitative estimate of drug-likeness (QED) is 0.422. The number of aromatic nitrogens is 3. The van der Waals surface area contributed by atoms with Crippen LogP contribution in [0.2, 0.25) is 0 Å². The fourth-order valence-corrected chi connectivity index (χ4v) is 3.84. The highest BCUT2D eigenvalue weighted by Crippen LogP contribution is 2.21. The Morgan fingerprint density at radius 3 is 2.75 bits per heavy atom. The predicted molar refractivity (Wildman–Crippen MR) is 126 cm³/mol. The molecule has 0 saturated carbocycles. The van der Waals surface area contributed by atoms with Crippen molar-refractivity contribution in [3.63, 3.8) is 0 Å². The lowest BCUT2D eigenvalue weighted by molar-refractivity contribution is -0.111. The first-order valence-corrected chi connectivity index (χ1v) is 11.0. The van der Waals surface area contributed by atoms with Crippen LogP contribution in [-0.2, 0) is 11.4 Å². The van der Waals surface area contributed by atoms with E-state index in [2.05, 4.69) is 15.4 Å². The third-order valence-corrected chi connectivity index (χ3v) is 5.73. The van der Waals surface area contributed by atoms with Gasteiger partial charge in [0.15, 0.2) is 0 Å². The maximum absolute atomic E-state index is 12.3. The van der Waals surface area contributed by atoms with Crippen molar-refractivity contribution in [2.45, 2.75) is 26.4 Å². The molecule has 4 rings (SSSR count). The molecule has 0 bridgehead atoms. The number of fused-ring (bicyclic) bond motifs is 1. The lowest BCUT2D eigenvalue weighted by Crippen LogP contribution is -2.16. The second-order valence-electron chi connectivity index (χ2n) is 7.42. The molecule has 4 aromatic rings. The van der Waals surface area contributed by atoms with Crippen molar-refractivity contribution in [3.8, 4) is 5.75 Å². The van der Waals surface area contributed by atoms with Crippen molar-refractivity contribution in [2.75, 3.05) is 5.32 Å². The van der Waals surface area contributed by atoms with Gasteiger partial charge in [-0.15, -0.1) is 0 Å². The number of rotatable bonds is 7. The van der Waals surface area contributed by atoms with Gasteiger partial charge in [0.05, 0.1) is 5.69 Å². The predicted octanol–water partition coefficient (Wildman–Crippen LogP) is 4.51. The van der Waals surface area contributed by atoms with Gasteiger partial charge in [-0.2, -0.15) is 9.61 Å². The van der Waals surface area contributed by atoms with Gasteiger partial charge >= 0.3 is 0 Å². The Morgan fingerprint density at radius 1 is 1.16 bits per heavy atom. The molecule has 32 heavy (non-hydrogen) atoms. The zero-order valence-corrected chi connectivity index (χ0v) is 18.5. The number of ether oxygens (including phenoxy) is 1. The number of hydrogen-bond acceptors (Lipinski definition) is 6. The second-order valence-corrected chi connectivity index (χ2v) is 8.41. The second kappa shape index (κ2) is 9.57. The van der Waals surface area contributed by atoms with Crippen LogP contribution in [0.3, 0.4) is 0 Å². The Balaban J connectivity index is 1.41. The van der Waals surface area contributed by atoms with E-state index < -0.39 is 0 Å². The highest BCUT2D eigenvalue weighted by Gasteiger charge is 2.12. The Morgan fingerprint density at radius 2 is 1.97 bits per heavy atom. The van der Waals surface area contributed by atoms with E-state index in [1.807, 2.05) is 44.2 Å². The van der Waals surface area contributed by atoms with Gasteiger partial charge in [-0.1, -0.05) is 61.6 Å². The number of benzene rings is 2. The molecule has 1 N–H and O–H groups in total. The van der Waals surface area contributed by atoms with Crippen molar-refractivity contribution in [2.24, 2.45) is 0 Å². The molecule has 0 radical (unpaired) electrons.